The number of benzene rings is 1. The van der Waals surface area contributed by atoms with Crippen LogP contribution in [0.1, 0.15) is 35.5 Å². The van der Waals surface area contributed by atoms with Crippen molar-refractivity contribution in [2.75, 3.05) is 6.54 Å². The molecule has 0 spiro atoms. The van der Waals surface area contributed by atoms with Gasteiger partial charge in [-0.25, -0.2) is 0 Å². The summed E-state index contributed by atoms with van der Waals surface area (Å²) in [4.78, 5) is 0. The van der Waals surface area contributed by atoms with Crippen LogP contribution in [0.15, 0.2) is 24.3 Å². The molecule has 1 unspecified atom stereocenters. The highest BCUT2D eigenvalue weighted by molar-refractivity contribution is 7.11. The van der Waals surface area contributed by atoms with E-state index >= 15 is 0 Å². The van der Waals surface area contributed by atoms with Crippen LogP contribution in [0.2, 0.25) is 5.02 Å². The zero-order chi connectivity index (χ0) is 13.0. The molecule has 5 heteroatoms. The topological polar surface area (TPSA) is 37.8 Å². The maximum Gasteiger partial charge on any atom is 0.134 e. The van der Waals surface area contributed by atoms with Gasteiger partial charge in [0.2, 0.25) is 0 Å². The predicted octanol–water partition coefficient (Wildman–Crippen LogP) is 3.45. The second-order valence-corrected chi connectivity index (χ2v) is 5.65. The van der Waals surface area contributed by atoms with Crippen molar-refractivity contribution in [3.05, 3.63) is 44.9 Å². The van der Waals surface area contributed by atoms with Gasteiger partial charge in [0.1, 0.15) is 10.0 Å². The smallest absolute Gasteiger partial charge is 0.134 e. The van der Waals surface area contributed by atoms with E-state index in [2.05, 4.69) is 35.4 Å². The summed E-state index contributed by atoms with van der Waals surface area (Å²) in [5.74, 6) is 0. The lowest BCUT2D eigenvalue weighted by Crippen LogP contribution is -2.17. The first-order valence-electron chi connectivity index (χ1n) is 5.99. The molecule has 2 rings (SSSR count). The lowest BCUT2D eigenvalue weighted by Gasteiger charge is -2.06. The lowest BCUT2D eigenvalue weighted by molar-refractivity contribution is 0.589. The van der Waals surface area contributed by atoms with Gasteiger partial charge in [-0.1, -0.05) is 42.0 Å². The van der Waals surface area contributed by atoms with Gasteiger partial charge in [-0.15, -0.1) is 10.2 Å². The van der Waals surface area contributed by atoms with E-state index in [1.165, 1.54) is 5.56 Å². The second kappa shape index (κ2) is 6.27. The van der Waals surface area contributed by atoms with E-state index in [4.69, 9.17) is 11.6 Å². The summed E-state index contributed by atoms with van der Waals surface area (Å²) in [5.41, 5.74) is 1.17. The molecule has 1 heterocycles. The summed E-state index contributed by atoms with van der Waals surface area (Å²) in [7, 11) is 0. The fraction of sp³-hybridized carbons (Fsp3) is 0.385. The fourth-order valence-corrected chi connectivity index (χ4v) is 2.84. The predicted molar refractivity (Wildman–Crippen MR) is 76.3 cm³/mol. The number of rotatable bonds is 5. The summed E-state index contributed by atoms with van der Waals surface area (Å²) < 4.78 is 0. The largest absolute Gasteiger partial charge is 0.308 e. The minimum atomic E-state index is 0.264. The Morgan fingerprint density at radius 3 is 2.94 bits per heavy atom. The first kappa shape index (κ1) is 13.5. The normalized spacial score (nSPS) is 12.6. The van der Waals surface area contributed by atoms with Crippen molar-refractivity contribution in [3.8, 4) is 0 Å². The van der Waals surface area contributed by atoms with E-state index in [0.717, 1.165) is 28.0 Å². The van der Waals surface area contributed by atoms with Crippen molar-refractivity contribution in [1.29, 1.82) is 0 Å². The van der Waals surface area contributed by atoms with Gasteiger partial charge in [0.25, 0.3) is 0 Å². The molecule has 0 saturated heterocycles. The molecule has 0 bridgehead atoms. The number of aromatic nitrogens is 2. The Morgan fingerprint density at radius 2 is 2.22 bits per heavy atom. The fourth-order valence-electron chi connectivity index (χ4n) is 1.73. The average Bonchev–Trinajstić information content (AvgIpc) is 2.78. The maximum atomic E-state index is 5.97. The Balaban J connectivity index is 2.06. The molecule has 0 saturated carbocycles. The van der Waals surface area contributed by atoms with Gasteiger partial charge in [0, 0.05) is 11.4 Å². The van der Waals surface area contributed by atoms with E-state index in [9.17, 15) is 0 Å². The van der Waals surface area contributed by atoms with E-state index in [-0.39, 0.29) is 6.04 Å². The summed E-state index contributed by atoms with van der Waals surface area (Å²) in [6.07, 6.45) is 0.789. The van der Waals surface area contributed by atoms with Crippen LogP contribution in [0.5, 0.6) is 0 Å². The number of hydrogen-bond acceptors (Lipinski definition) is 4. The minimum Gasteiger partial charge on any atom is -0.308 e. The molecule has 1 aromatic carbocycles. The molecule has 1 atom stereocenters. The molecule has 18 heavy (non-hydrogen) atoms. The molecule has 3 nitrogen and oxygen atoms in total. The monoisotopic (exact) mass is 281 g/mol. The molecule has 1 aromatic heterocycles. The van der Waals surface area contributed by atoms with Gasteiger partial charge < -0.3 is 5.32 Å². The van der Waals surface area contributed by atoms with Gasteiger partial charge in [-0.3, -0.25) is 0 Å². The number of hydrogen-bond donors (Lipinski definition) is 1. The third-order valence-electron chi connectivity index (χ3n) is 2.61. The maximum absolute atomic E-state index is 5.97. The molecular weight excluding hydrogens is 266 g/mol. The van der Waals surface area contributed by atoms with Crippen molar-refractivity contribution in [3.63, 3.8) is 0 Å². The van der Waals surface area contributed by atoms with Gasteiger partial charge in [-0.2, -0.15) is 0 Å². The molecule has 0 aliphatic rings. The van der Waals surface area contributed by atoms with Crippen LogP contribution >= 0.6 is 22.9 Å². The zero-order valence-corrected chi connectivity index (χ0v) is 12.1. The van der Waals surface area contributed by atoms with Crippen LogP contribution < -0.4 is 5.32 Å². The first-order valence-corrected chi connectivity index (χ1v) is 7.18. The van der Waals surface area contributed by atoms with Crippen LogP contribution in [0.3, 0.4) is 0 Å². The Morgan fingerprint density at radius 1 is 1.39 bits per heavy atom. The molecule has 0 amide bonds. The Hall–Kier alpha value is -0.970. The third-order valence-corrected chi connectivity index (χ3v) is 3.95. The highest BCUT2D eigenvalue weighted by Gasteiger charge is 2.11. The molecule has 0 aliphatic heterocycles. The summed E-state index contributed by atoms with van der Waals surface area (Å²) >= 11 is 7.62. The molecular formula is C13H16ClN3S. The zero-order valence-electron chi connectivity index (χ0n) is 10.5. The summed E-state index contributed by atoms with van der Waals surface area (Å²) in [5, 5.41) is 14.6. The Bertz CT molecular complexity index is 512. The van der Waals surface area contributed by atoms with Crippen molar-refractivity contribution in [2.24, 2.45) is 0 Å². The lowest BCUT2D eigenvalue weighted by atomic mass is 10.2. The van der Waals surface area contributed by atoms with Crippen molar-refractivity contribution in [2.45, 2.75) is 26.3 Å². The standard InChI is InChI=1S/C13H16ClN3S/c1-3-15-9(2)13-17-16-12(18-13)8-10-5-4-6-11(14)7-10/h4-7,9,15H,3,8H2,1-2H3. The Labute approximate surface area is 116 Å². The first-order chi connectivity index (χ1) is 8.69. The molecule has 2 aromatic rings. The summed E-state index contributed by atoms with van der Waals surface area (Å²) in [6, 6.07) is 8.13. The molecule has 1 N–H and O–H groups in total. The minimum absolute atomic E-state index is 0.264. The third kappa shape index (κ3) is 3.51. The van der Waals surface area contributed by atoms with E-state index in [1.54, 1.807) is 11.3 Å². The molecule has 0 fully saturated rings. The number of nitrogens with one attached hydrogen (secondary N) is 1. The van der Waals surface area contributed by atoms with Crippen LogP contribution in [-0.2, 0) is 6.42 Å². The van der Waals surface area contributed by atoms with Crippen molar-refractivity contribution < 1.29 is 0 Å². The number of halogens is 1. The Kier molecular flexibility index (Phi) is 4.69. The highest BCUT2D eigenvalue weighted by Crippen LogP contribution is 2.21. The van der Waals surface area contributed by atoms with Crippen molar-refractivity contribution in [1.82, 2.24) is 15.5 Å². The van der Waals surface area contributed by atoms with Crippen LogP contribution in [0, 0.1) is 0 Å². The van der Waals surface area contributed by atoms with Gasteiger partial charge in [-0.05, 0) is 31.2 Å². The average molecular weight is 282 g/mol. The molecule has 0 aliphatic carbocycles. The SMILES string of the molecule is CCNC(C)c1nnc(Cc2cccc(Cl)c2)s1. The van der Waals surface area contributed by atoms with Crippen LogP contribution in [0.25, 0.3) is 0 Å². The number of nitrogens with zero attached hydrogens (tertiary/aromatic N) is 2. The van der Waals surface area contributed by atoms with E-state index in [1.807, 2.05) is 18.2 Å². The van der Waals surface area contributed by atoms with E-state index < -0.39 is 0 Å². The highest BCUT2D eigenvalue weighted by atomic mass is 35.5. The second-order valence-electron chi connectivity index (χ2n) is 4.12. The van der Waals surface area contributed by atoms with Crippen LogP contribution in [-0.4, -0.2) is 16.7 Å². The molecule has 96 valence electrons. The molecule has 0 radical (unpaired) electrons. The van der Waals surface area contributed by atoms with Gasteiger partial charge in [0.05, 0.1) is 6.04 Å². The van der Waals surface area contributed by atoms with Gasteiger partial charge in [0.15, 0.2) is 0 Å². The quantitative estimate of drug-likeness (QED) is 0.912. The summed E-state index contributed by atoms with van der Waals surface area (Å²) in [6.45, 7) is 5.13. The van der Waals surface area contributed by atoms with Gasteiger partial charge >= 0.3 is 0 Å². The van der Waals surface area contributed by atoms with Crippen molar-refractivity contribution >= 4 is 22.9 Å². The van der Waals surface area contributed by atoms with Crippen LogP contribution in [0.4, 0.5) is 0 Å². The van der Waals surface area contributed by atoms with E-state index in [0.29, 0.717) is 0 Å².